The summed E-state index contributed by atoms with van der Waals surface area (Å²) < 4.78 is 22.5. The molecule has 0 bridgehead atoms. The fraction of sp³-hybridized carbons (Fsp3) is 0.710. The highest BCUT2D eigenvalue weighted by Crippen LogP contribution is 2.24. The summed E-state index contributed by atoms with van der Waals surface area (Å²) in [6.45, 7) is 2.83. The summed E-state index contributed by atoms with van der Waals surface area (Å²) in [6.07, 6.45) is 25.0. The fourth-order valence-electron chi connectivity index (χ4n) is 4.45. The Morgan fingerprint density at radius 1 is 0.750 bits per heavy atom. The molecule has 36 heavy (non-hydrogen) atoms. The third kappa shape index (κ3) is 13.6. The topological polar surface area (TPSA) is 54.0 Å². The van der Waals surface area contributed by atoms with Crippen molar-refractivity contribution in [1.82, 2.24) is 0 Å². The van der Waals surface area contributed by atoms with E-state index >= 15 is 0 Å². The molecule has 0 aromatic heterocycles. The van der Waals surface area contributed by atoms with E-state index in [1.165, 1.54) is 89.9 Å². The molecule has 1 fully saturated rings. The van der Waals surface area contributed by atoms with Gasteiger partial charge in [0.25, 0.3) is 0 Å². The van der Waals surface area contributed by atoms with Crippen molar-refractivity contribution >= 4 is 11.9 Å². The second-order valence-corrected chi connectivity index (χ2v) is 9.98. The Morgan fingerprint density at radius 3 is 1.69 bits per heavy atom. The molecule has 1 aliphatic heterocycles. The van der Waals surface area contributed by atoms with Crippen LogP contribution in [-0.2, 0) is 19.0 Å². The number of unbranched alkanes of at least 4 members (excludes halogenated alkanes) is 15. The third-order valence-corrected chi connectivity index (χ3v) is 6.77. The highest BCUT2D eigenvalue weighted by molar-refractivity contribution is 5.81. The van der Waals surface area contributed by atoms with Crippen molar-refractivity contribution in [2.45, 2.75) is 116 Å². The van der Waals surface area contributed by atoms with Crippen LogP contribution in [0.3, 0.4) is 0 Å². The zero-order valence-electron chi connectivity index (χ0n) is 22.9. The lowest BCUT2D eigenvalue weighted by Gasteiger charge is -2.33. The quantitative estimate of drug-likeness (QED) is 0.158. The molecule has 1 aliphatic rings. The largest absolute Gasteiger partial charge is 0.497 e. The Morgan fingerprint density at radius 2 is 1.22 bits per heavy atom. The van der Waals surface area contributed by atoms with Gasteiger partial charge in [0.1, 0.15) is 19.0 Å². The van der Waals surface area contributed by atoms with Gasteiger partial charge < -0.3 is 18.9 Å². The standard InChI is InChI=1S/C31H50O5/c1-3-4-5-6-7-8-9-10-11-12-13-14-15-16-17-18-25-34-31(35-26-29(32)27-36-31)24-23-28-19-21-30(33-2)22-20-28/h19-24H,3-18,25-27H2,1-2H3. The molecule has 0 saturated carbocycles. The van der Waals surface area contributed by atoms with Gasteiger partial charge in [0, 0.05) is 6.08 Å². The van der Waals surface area contributed by atoms with E-state index in [0.29, 0.717) is 6.61 Å². The summed E-state index contributed by atoms with van der Waals surface area (Å²) >= 11 is 0. The van der Waals surface area contributed by atoms with Gasteiger partial charge in [-0.15, -0.1) is 0 Å². The van der Waals surface area contributed by atoms with E-state index in [2.05, 4.69) is 6.92 Å². The number of carbonyl (C=O) groups excluding carboxylic acids is 1. The van der Waals surface area contributed by atoms with E-state index in [0.717, 1.165) is 24.2 Å². The molecular formula is C31H50O5. The first-order valence-electron chi connectivity index (χ1n) is 14.4. The van der Waals surface area contributed by atoms with Gasteiger partial charge in [-0.3, -0.25) is 4.79 Å². The van der Waals surface area contributed by atoms with Crippen molar-refractivity contribution < 1.29 is 23.7 Å². The van der Waals surface area contributed by atoms with E-state index in [9.17, 15) is 4.79 Å². The van der Waals surface area contributed by atoms with Crippen LogP contribution in [0.25, 0.3) is 6.08 Å². The van der Waals surface area contributed by atoms with Gasteiger partial charge in [0.15, 0.2) is 5.78 Å². The maximum Gasteiger partial charge on any atom is 0.305 e. The minimum Gasteiger partial charge on any atom is -0.497 e. The van der Waals surface area contributed by atoms with Crippen molar-refractivity contribution in [3.8, 4) is 5.75 Å². The summed E-state index contributed by atoms with van der Waals surface area (Å²) in [7, 11) is 1.65. The number of hydrogen-bond acceptors (Lipinski definition) is 5. The number of benzene rings is 1. The molecule has 0 unspecified atom stereocenters. The van der Waals surface area contributed by atoms with Gasteiger partial charge in [0.2, 0.25) is 0 Å². The Labute approximate surface area is 219 Å². The van der Waals surface area contributed by atoms with Crippen LogP contribution < -0.4 is 4.74 Å². The second kappa shape index (κ2) is 19.4. The van der Waals surface area contributed by atoms with Gasteiger partial charge in [-0.1, -0.05) is 121 Å². The average molecular weight is 503 g/mol. The first-order chi connectivity index (χ1) is 17.7. The highest BCUT2D eigenvalue weighted by Gasteiger charge is 2.36. The average Bonchev–Trinajstić information content (AvgIpc) is 2.91. The lowest BCUT2D eigenvalue weighted by Crippen LogP contribution is -2.45. The van der Waals surface area contributed by atoms with Gasteiger partial charge in [0.05, 0.1) is 13.7 Å². The summed E-state index contributed by atoms with van der Waals surface area (Å²) in [6, 6.07) is 7.70. The molecule has 0 radical (unpaired) electrons. The summed E-state index contributed by atoms with van der Waals surface area (Å²) in [5, 5.41) is 0. The maximum atomic E-state index is 11.6. The van der Waals surface area contributed by atoms with E-state index in [1.54, 1.807) is 13.2 Å². The Balaban J connectivity index is 1.52. The van der Waals surface area contributed by atoms with Gasteiger partial charge in [-0.05, 0) is 24.1 Å². The fourth-order valence-corrected chi connectivity index (χ4v) is 4.45. The zero-order chi connectivity index (χ0) is 25.7. The van der Waals surface area contributed by atoms with E-state index in [1.807, 2.05) is 30.3 Å². The number of rotatable bonds is 21. The Hall–Kier alpha value is -1.69. The van der Waals surface area contributed by atoms with E-state index < -0.39 is 5.97 Å². The molecule has 204 valence electrons. The molecular weight excluding hydrogens is 452 g/mol. The monoisotopic (exact) mass is 502 g/mol. The Bertz CT molecular complexity index is 702. The Kier molecular flexibility index (Phi) is 16.5. The zero-order valence-corrected chi connectivity index (χ0v) is 22.9. The molecule has 1 heterocycles. The third-order valence-electron chi connectivity index (χ3n) is 6.77. The molecule has 0 N–H and O–H groups in total. The number of carbonyl (C=O) groups is 1. The predicted molar refractivity (Wildman–Crippen MR) is 147 cm³/mol. The number of methoxy groups -OCH3 is 1. The molecule has 1 aromatic rings. The van der Waals surface area contributed by atoms with Crippen LogP contribution in [0.2, 0.25) is 0 Å². The van der Waals surface area contributed by atoms with Crippen molar-refractivity contribution in [3.05, 3.63) is 35.9 Å². The lowest BCUT2D eigenvalue weighted by molar-refractivity contribution is -0.356. The van der Waals surface area contributed by atoms with Crippen molar-refractivity contribution in [1.29, 1.82) is 0 Å². The first-order valence-corrected chi connectivity index (χ1v) is 14.4. The molecule has 0 spiro atoms. The number of hydrogen-bond donors (Lipinski definition) is 0. The van der Waals surface area contributed by atoms with Crippen molar-refractivity contribution in [2.24, 2.45) is 0 Å². The molecule has 1 saturated heterocycles. The van der Waals surface area contributed by atoms with Crippen LogP contribution in [0.15, 0.2) is 30.3 Å². The molecule has 2 rings (SSSR count). The molecule has 5 nitrogen and oxygen atoms in total. The minimum absolute atomic E-state index is 0.00586. The van der Waals surface area contributed by atoms with E-state index in [4.69, 9.17) is 18.9 Å². The highest BCUT2D eigenvalue weighted by atomic mass is 16.9. The molecule has 1 aromatic carbocycles. The first kappa shape index (κ1) is 30.5. The smallest absolute Gasteiger partial charge is 0.305 e. The van der Waals surface area contributed by atoms with Gasteiger partial charge in [-0.2, -0.15) is 0 Å². The van der Waals surface area contributed by atoms with Gasteiger partial charge >= 0.3 is 5.97 Å². The predicted octanol–water partition coefficient (Wildman–Crippen LogP) is 8.26. The van der Waals surface area contributed by atoms with Crippen LogP contribution in [-0.4, -0.2) is 38.7 Å². The van der Waals surface area contributed by atoms with Crippen LogP contribution in [0, 0.1) is 0 Å². The summed E-state index contributed by atoms with van der Waals surface area (Å²) in [5.41, 5.74) is 0.977. The normalized spacial score (nSPS) is 15.6. The van der Waals surface area contributed by atoms with Gasteiger partial charge in [-0.25, -0.2) is 0 Å². The number of Topliss-reactive ketones (excluding diaryl/α,β-unsaturated/α-hetero) is 1. The van der Waals surface area contributed by atoms with Crippen molar-refractivity contribution in [2.75, 3.05) is 26.9 Å². The number of ether oxygens (including phenoxy) is 4. The summed E-state index contributed by atoms with van der Waals surface area (Å²) in [5.74, 6) is -0.560. The minimum atomic E-state index is -1.29. The van der Waals surface area contributed by atoms with Crippen LogP contribution in [0.4, 0.5) is 0 Å². The second-order valence-electron chi connectivity index (χ2n) is 9.98. The molecule has 5 heteroatoms. The van der Waals surface area contributed by atoms with Crippen LogP contribution in [0.5, 0.6) is 5.75 Å². The number of ketones is 1. The maximum absolute atomic E-state index is 11.6. The van der Waals surface area contributed by atoms with Crippen LogP contribution in [0.1, 0.15) is 115 Å². The molecule has 0 atom stereocenters. The van der Waals surface area contributed by atoms with E-state index in [-0.39, 0.29) is 19.0 Å². The lowest BCUT2D eigenvalue weighted by atomic mass is 10.0. The molecule has 0 aliphatic carbocycles. The SMILES string of the molecule is CCCCCCCCCCCCCCCCCCOC1(C=Cc2ccc(OC)cc2)OCC(=O)CO1. The van der Waals surface area contributed by atoms with Crippen molar-refractivity contribution in [3.63, 3.8) is 0 Å². The van der Waals surface area contributed by atoms with Crippen LogP contribution >= 0.6 is 0 Å². The summed E-state index contributed by atoms with van der Waals surface area (Å²) in [4.78, 5) is 11.6. The molecule has 0 amide bonds.